The van der Waals surface area contributed by atoms with Crippen LogP contribution >= 0.6 is 0 Å². The first-order valence-electron chi connectivity index (χ1n) is 5.61. The van der Waals surface area contributed by atoms with Crippen LogP contribution in [0.1, 0.15) is 48.2 Å². The zero-order valence-electron chi connectivity index (χ0n) is 9.68. The largest absolute Gasteiger partial charge is 0.295 e. The Morgan fingerprint density at radius 3 is 2.67 bits per heavy atom. The molecule has 0 saturated carbocycles. The molecule has 1 radical (unpaired) electrons. The van der Waals surface area contributed by atoms with Gasteiger partial charge in [-0.3, -0.25) is 4.79 Å². The van der Waals surface area contributed by atoms with Gasteiger partial charge in [0, 0.05) is 5.56 Å². The molecule has 0 spiro atoms. The van der Waals surface area contributed by atoms with Crippen molar-refractivity contribution in [1.82, 2.24) is 0 Å². The van der Waals surface area contributed by atoms with Gasteiger partial charge in [-0.05, 0) is 37.3 Å². The molecule has 0 aliphatic heterocycles. The van der Waals surface area contributed by atoms with Crippen molar-refractivity contribution in [2.75, 3.05) is 0 Å². The van der Waals surface area contributed by atoms with E-state index in [4.69, 9.17) is 0 Å². The lowest BCUT2D eigenvalue weighted by molar-refractivity contribution is 0.101. The highest BCUT2D eigenvalue weighted by Crippen LogP contribution is 2.18. The minimum Gasteiger partial charge on any atom is -0.295 e. The predicted molar refractivity (Wildman–Crippen MR) is 64.1 cm³/mol. The zero-order chi connectivity index (χ0) is 11.3. The standard InChI is InChI=1S/C14H19O/c1-4-6-9-14-12(5-2)8-7-10-13(14)11(3)15/h7-8,10H,1,4-6,9H2,2-3H3. The predicted octanol–water partition coefficient (Wildman–Crippen LogP) is 3.61. The van der Waals surface area contributed by atoms with Crippen LogP contribution in [0.4, 0.5) is 0 Å². The lowest BCUT2D eigenvalue weighted by Crippen LogP contribution is -2.03. The summed E-state index contributed by atoms with van der Waals surface area (Å²) in [6.45, 7) is 7.62. The Labute approximate surface area is 92.5 Å². The lowest BCUT2D eigenvalue weighted by Gasteiger charge is -2.11. The van der Waals surface area contributed by atoms with Gasteiger partial charge in [0.15, 0.2) is 5.78 Å². The average molecular weight is 203 g/mol. The molecule has 0 saturated heterocycles. The van der Waals surface area contributed by atoms with Crippen molar-refractivity contribution >= 4 is 5.78 Å². The van der Waals surface area contributed by atoms with E-state index in [9.17, 15) is 4.79 Å². The number of Topliss-reactive ketones (excluding diaryl/α,β-unsaturated/α-hetero) is 1. The maximum atomic E-state index is 11.5. The molecule has 1 aromatic carbocycles. The number of unbranched alkanes of at least 4 members (excludes halogenated alkanes) is 1. The van der Waals surface area contributed by atoms with Crippen LogP contribution in [0.5, 0.6) is 0 Å². The minimum absolute atomic E-state index is 0.171. The van der Waals surface area contributed by atoms with Crippen LogP contribution in [0.15, 0.2) is 18.2 Å². The third-order valence-corrected chi connectivity index (χ3v) is 2.71. The molecule has 1 aromatic rings. The molecule has 1 nitrogen and oxygen atoms in total. The van der Waals surface area contributed by atoms with E-state index < -0.39 is 0 Å². The van der Waals surface area contributed by atoms with Gasteiger partial charge in [0.05, 0.1) is 0 Å². The summed E-state index contributed by atoms with van der Waals surface area (Å²) in [4.78, 5) is 11.5. The number of hydrogen-bond acceptors (Lipinski definition) is 1. The summed E-state index contributed by atoms with van der Waals surface area (Å²) in [5, 5.41) is 0. The fourth-order valence-electron chi connectivity index (χ4n) is 1.89. The van der Waals surface area contributed by atoms with Gasteiger partial charge in [-0.2, -0.15) is 0 Å². The summed E-state index contributed by atoms with van der Waals surface area (Å²) in [5.41, 5.74) is 3.43. The summed E-state index contributed by atoms with van der Waals surface area (Å²) in [7, 11) is 0. The second-order valence-corrected chi connectivity index (χ2v) is 3.81. The van der Waals surface area contributed by atoms with E-state index in [-0.39, 0.29) is 5.78 Å². The molecule has 15 heavy (non-hydrogen) atoms. The van der Waals surface area contributed by atoms with Gasteiger partial charge in [0.1, 0.15) is 0 Å². The monoisotopic (exact) mass is 203 g/mol. The molecule has 0 aliphatic rings. The number of benzene rings is 1. The molecular weight excluding hydrogens is 184 g/mol. The summed E-state index contributed by atoms with van der Waals surface area (Å²) >= 11 is 0. The van der Waals surface area contributed by atoms with Crippen LogP contribution in [-0.4, -0.2) is 5.78 Å². The number of carbonyl (C=O) groups excluding carboxylic acids is 1. The van der Waals surface area contributed by atoms with Gasteiger partial charge in [-0.15, -0.1) is 0 Å². The van der Waals surface area contributed by atoms with Gasteiger partial charge in [0.25, 0.3) is 0 Å². The van der Waals surface area contributed by atoms with E-state index in [1.165, 1.54) is 11.1 Å². The number of ketones is 1. The van der Waals surface area contributed by atoms with E-state index >= 15 is 0 Å². The quantitative estimate of drug-likeness (QED) is 0.668. The van der Waals surface area contributed by atoms with Gasteiger partial charge in [0.2, 0.25) is 0 Å². The van der Waals surface area contributed by atoms with Gasteiger partial charge >= 0.3 is 0 Å². The molecule has 0 heterocycles. The van der Waals surface area contributed by atoms with Crippen molar-refractivity contribution < 1.29 is 4.79 Å². The molecule has 0 unspecified atom stereocenters. The normalized spacial score (nSPS) is 10.3. The van der Waals surface area contributed by atoms with Crippen molar-refractivity contribution in [1.29, 1.82) is 0 Å². The van der Waals surface area contributed by atoms with E-state index in [0.717, 1.165) is 31.2 Å². The smallest absolute Gasteiger partial charge is 0.160 e. The van der Waals surface area contributed by atoms with E-state index in [1.54, 1.807) is 6.92 Å². The first kappa shape index (κ1) is 12.0. The molecule has 0 amide bonds. The molecule has 0 aromatic heterocycles. The Balaban J connectivity index is 3.08. The maximum absolute atomic E-state index is 11.5. The highest BCUT2D eigenvalue weighted by Gasteiger charge is 2.09. The van der Waals surface area contributed by atoms with Crippen molar-refractivity contribution in [3.63, 3.8) is 0 Å². The van der Waals surface area contributed by atoms with Crippen LogP contribution < -0.4 is 0 Å². The minimum atomic E-state index is 0.171. The summed E-state index contributed by atoms with van der Waals surface area (Å²) in [5.74, 6) is 0.171. The fourth-order valence-corrected chi connectivity index (χ4v) is 1.89. The number of carbonyl (C=O) groups is 1. The highest BCUT2D eigenvalue weighted by atomic mass is 16.1. The molecule has 1 rings (SSSR count). The van der Waals surface area contributed by atoms with Crippen LogP contribution in [0.3, 0.4) is 0 Å². The topological polar surface area (TPSA) is 17.1 Å². The molecule has 1 heteroatoms. The number of rotatable bonds is 5. The number of aryl methyl sites for hydroxylation is 1. The molecular formula is C14H19O. The second kappa shape index (κ2) is 5.69. The molecule has 0 N–H and O–H groups in total. The van der Waals surface area contributed by atoms with Crippen LogP contribution in [0, 0.1) is 6.92 Å². The summed E-state index contributed by atoms with van der Waals surface area (Å²) in [6.07, 6.45) is 3.95. The molecule has 0 atom stereocenters. The zero-order valence-corrected chi connectivity index (χ0v) is 9.68. The summed E-state index contributed by atoms with van der Waals surface area (Å²) in [6, 6.07) is 6.02. The Hall–Kier alpha value is -1.11. The Bertz CT molecular complexity index is 339. The van der Waals surface area contributed by atoms with Crippen molar-refractivity contribution in [3.8, 4) is 0 Å². The average Bonchev–Trinajstić information content (AvgIpc) is 2.25. The first-order valence-corrected chi connectivity index (χ1v) is 5.61. The van der Waals surface area contributed by atoms with Gasteiger partial charge < -0.3 is 0 Å². The Kier molecular flexibility index (Phi) is 4.54. The van der Waals surface area contributed by atoms with Crippen molar-refractivity contribution in [2.45, 2.75) is 39.5 Å². The Morgan fingerprint density at radius 2 is 2.13 bits per heavy atom. The second-order valence-electron chi connectivity index (χ2n) is 3.81. The molecule has 0 fully saturated rings. The van der Waals surface area contributed by atoms with Gasteiger partial charge in [-0.25, -0.2) is 0 Å². The molecule has 0 bridgehead atoms. The van der Waals surface area contributed by atoms with E-state index in [2.05, 4.69) is 19.9 Å². The summed E-state index contributed by atoms with van der Waals surface area (Å²) < 4.78 is 0. The lowest BCUT2D eigenvalue weighted by atomic mass is 9.93. The number of hydrogen-bond donors (Lipinski definition) is 0. The Morgan fingerprint density at radius 1 is 1.40 bits per heavy atom. The molecule has 0 aliphatic carbocycles. The van der Waals surface area contributed by atoms with Gasteiger partial charge in [-0.1, -0.05) is 38.5 Å². The van der Waals surface area contributed by atoms with Crippen molar-refractivity contribution in [3.05, 3.63) is 41.8 Å². The van der Waals surface area contributed by atoms with Crippen LogP contribution in [-0.2, 0) is 12.8 Å². The van der Waals surface area contributed by atoms with Crippen LogP contribution in [0.2, 0.25) is 0 Å². The van der Waals surface area contributed by atoms with Crippen molar-refractivity contribution in [2.24, 2.45) is 0 Å². The van der Waals surface area contributed by atoms with E-state index in [1.807, 2.05) is 12.1 Å². The third-order valence-electron chi connectivity index (χ3n) is 2.71. The van der Waals surface area contributed by atoms with Crippen LogP contribution in [0.25, 0.3) is 0 Å². The molecule has 81 valence electrons. The third kappa shape index (κ3) is 2.92. The van der Waals surface area contributed by atoms with E-state index in [0.29, 0.717) is 0 Å². The fraction of sp³-hybridized carbons (Fsp3) is 0.429. The maximum Gasteiger partial charge on any atom is 0.160 e. The highest BCUT2D eigenvalue weighted by molar-refractivity contribution is 5.95. The first-order chi connectivity index (χ1) is 7.20. The SMILES string of the molecule is [CH2]CCCc1c(CC)cccc1C(C)=O.